The van der Waals surface area contributed by atoms with E-state index >= 15 is 0 Å². The van der Waals surface area contributed by atoms with E-state index in [0.717, 1.165) is 16.7 Å². The summed E-state index contributed by atoms with van der Waals surface area (Å²) in [5.74, 6) is 0.478. The van der Waals surface area contributed by atoms with E-state index in [0.29, 0.717) is 5.75 Å². The standard InChI is InChI=1S/C19H18O4/c1-13-11-14(5-9-17(13)21)3-7-16(20)8-4-15-6-10-18(22)19(12-15)23-2/h3-12,21-22H,1-2H3/b7-3+,8-4+. The first-order valence-corrected chi connectivity index (χ1v) is 7.06. The summed E-state index contributed by atoms with van der Waals surface area (Å²) in [6.45, 7) is 1.80. The number of rotatable bonds is 5. The van der Waals surface area contributed by atoms with Crippen LogP contribution in [0.2, 0.25) is 0 Å². The minimum Gasteiger partial charge on any atom is -0.508 e. The van der Waals surface area contributed by atoms with Crippen molar-refractivity contribution in [3.63, 3.8) is 0 Å². The molecular weight excluding hydrogens is 292 g/mol. The summed E-state index contributed by atoms with van der Waals surface area (Å²) in [7, 11) is 1.47. The Morgan fingerprint density at radius 1 is 0.957 bits per heavy atom. The van der Waals surface area contributed by atoms with Crippen LogP contribution in [0.4, 0.5) is 0 Å². The van der Waals surface area contributed by atoms with Gasteiger partial charge in [-0.05, 0) is 60.0 Å². The van der Waals surface area contributed by atoms with E-state index in [1.54, 1.807) is 49.4 Å². The molecule has 0 spiro atoms. The van der Waals surface area contributed by atoms with Gasteiger partial charge in [0.2, 0.25) is 0 Å². The highest BCUT2D eigenvalue weighted by atomic mass is 16.5. The van der Waals surface area contributed by atoms with Crippen LogP contribution in [0.25, 0.3) is 12.2 Å². The fourth-order valence-corrected chi connectivity index (χ4v) is 1.99. The normalized spacial score (nSPS) is 11.2. The van der Waals surface area contributed by atoms with E-state index in [2.05, 4.69) is 0 Å². The van der Waals surface area contributed by atoms with E-state index < -0.39 is 0 Å². The molecule has 0 atom stereocenters. The van der Waals surface area contributed by atoms with Crippen molar-refractivity contribution < 1.29 is 19.7 Å². The zero-order valence-corrected chi connectivity index (χ0v) is 13.0. The molecule has 0 unspecified atom stereocenters. The lowest BCUT2D eigenvalue weighted by Gasteiger charge is -2.03. The fraction of sp³-hybridized carbons (Fsp3) is 0.105. The molecule has 0 aliphatic rings. The van der Waals surface area contributed by atoms with Gasteiger partial charge in [0.1, 0.15) is 5.75 Å². The Hall–Kier alpha value is -3.01. The molecule has 118 valence electrons. The first-order valence-electron chi connectivity index (χ1n) is 7.06. The largest absolute Gasteiger partial charge is 0.508 e. The second-order valence-electron chi connectivity index (χ2n) is 5.05. The molecule has 2 rings (SSSR count). The monoisotopic (exact) mass is 310 g/mol. The molecule has 2 aromatic rings. The van der Waals surface area contributed by atoms with Gasteiger partial charge >= 0.3 is 0 Å². The van der Waals surface area contributed by atoms with Crippen LogP contribution in [0, 0.1) is 6.92 Å². The van der Waals surface area contributed by atoms with Crippen molar-refractivity contribution in [2.24, 2.45) is 0 Å². The molecule has 4 nitrogen and oxygen atoms in total. The Morgan fingerprint density at radius 2 is 1.52 bits per heavy atom. The zero-order valence-electron chi connectivity index (χ0n) is 13.0. The first kappa shape index (κ1) is 16.4. The number of ether oxygens (including phenoxy) is 1. The number of hydrogen-bond donors (Lipinski definition) is 2. The van der Waals surface area contributed by atoms with Gasteiger partial charge < -0.3 is 14.9 Å². The summed E-state index contributed by atoms with van der Waals surface area (Å²) in [6, 6.07) is 9.98. The number of carbonyl (C=O) groups is 1. The zero-order chi connectivity index (χ0) is 16.8. The van der Waals surface area contributed by atoms with E-state index in [1.165, 1.54) is 25.3 Å². The Morgan fingerprint density at radius 3 is 2.09 bits per heavy atom. The lowest BCUT2D eigenvalue weighted by molar-refractivity contribution is -0.110. The number of phenols is 2. The van der Waals surface area contributed by atoms with E-state index in [1.807, 2.05) is 0 Å². The Bertz CT molecular complexity index is 773. The van der Waals surface area contributed by atoms with Crippen molar-refractivity contribution in [2.45, 2.75) is 6.92 Å². The third-order valence-electron chi connectivity index (χ3n) is 3.30. The second-order valence-corrected chi connectivity index (χ2v) is 5.05. The number of phenolic OH excluding ortho intramolecular Hbond substituents is 2. The molecule has 23 heavy (non-hydrogen) atoms. The van der Waals surface area contributed by atoms with Crippen LogP contribution in [-0.4, -0.2) is 23.1 Å². The summed E-state index contributed by atoms with van der Waals surface area (Å²) in [4.78, 5) is 11.9. The minimum atomic E-state index is -0.164. The summed E-state index contributed by atoms with van der Waals surface area (Å²) < 4.78 is 5.02. The molecule has 0 amide bonds. The highest BCUT2D eigenvalue weighted by molar-refractivity contribution is 6.04. The first-order chi connectivity index (χ1) is 11.0. The molecule has 0 fully saturated rings. The van der Waals surface area contributed by atoms with Gasteiger partial charge in [-0.1, -0.05) is 24.3 Å². The molecule has 0 saturated heterocycles. The van der Waals surface area contributed by atoms with Crippen LogP contribution < -0.4 is 4.74 Å². The lowest BCUT2D eigenvalue weighted by atomic mass is 10.1. The Labute approximate surface area is 135 Å². The number of allylic oxidation sites excluding steroid dienone is 2. The maximum absolute atomic E-state index is 11.9. The molecule has 0 saturated carbocycles. The van der Waals surface area contributed by atoms with Crippen molar-refractivity contribution >= 4 is 17.9 Å². The van der Waals surface area contributed by atoms with Crippen molar-refractivity contribution in [2.75, 3.05) is 7.11 Å². The van der Waals surface area contributed by atoms with Gasteiger partial charge in [-0.2, -0.15) is 0 Å². The third kappa shape index (κ3) is 4.48. The average molecular weight is 310 g/mol. The molecule has 4 heteroatoms. The van der Waals surface area contributed by atoms with E-state index in [9.17, 15) is 15.0 Å². The summed E-state index contributed by atoms with van der Waals surface area (Å²) >= 11 is 0. The average Bonchev–Trinajstić information content (AvgIpc) is 2.55. The van der Waals surface area contributed by atoms with Gasteiger partial charge in [-0.25, -0.2) is 0 Å². The van der Waals surface area contributed by atoms with Crippen LogP contribution in [0.15, 0.2) is 48.6 Å². The highest BCUT2D eigenvalue weighted by Crippen LogP contribution is 2.26. The number of carbonyl (C=O) groups excluding carboxylic acids is 1. The van der Waals surface area contributed by atoms with E-state index in [4.69, 9.17) is 4.74 Å². The molecule has 0 bridgehead atoms. The quantitative estimate of drug-likeness (QED) is 0.826. The van der Waals surface area contributed by atoms with E-state index in [-0.39, 0.29) is 17.3 Å². The van der Waals surface area contributed by atoms with Crippen LogP contribution >= 0.6 is 0 Å². The summed E-state index contributed by atoms with van der Waals surface area (Å²) in [6.07, 6.45) is 6.24. The second kappa shape index (κ2) is 7.31. The number of ketones is 1. The highest BCUT2D eigenvalue weighted by Gasteiger charge is 2.01. The Balaban J connectivity index is 2.06. The minimum absolute atomic E-state index is 0.0542. The van der Waals surface area contributed by atoms with Gasteiger partial charge in [-0.15, -0.1) is 0 Å². The van der Waals surface area contributed by atoms with Gasteiger partial charge in [-0.3, -0.25) is 4.79 Å². The third-order valence-corrected chi connectivity index (χ3v) is 3.30. The van der Waals surface area contributed by atoms with Crippen LogP contribution in [-0.2, 0) is 4.79 Å². The summed E-state index contributed by atoms with van der Waals surface area (Å²) in [5, 5.41) is 19.0. The fourth-order valence-electron chi connectivity index (χ4n) is 1.99. The number of aryl methyl sites for hydroxylation is 1. The van der Waals surface area contributed by atoms with Gasteiger partial charge in [0, 0.05) is 0 Å². The van der Waals surface area contributed by atoms with Gasteiger partial charge in [0.25, 0.3) is 0 Å². The smallest absolute Gasteiger partial charge is 0.178 e. The molecular formula is C19H18O4. The maximum atomic E-state index is 11.9. The van der Waals surface area contributed by atoms with Crippen LogP contribution in [0.5, 0.6) is 17.2 Å². The molecule has 0 aliphatic heterocycles. The van der Waals surface area contributed by atoms with Crippen LogP contribution in [0.3, 0.4) is 0 Å². The van der Waals surface area contributed by atoms with Crippen molar-refractivity contribution in [3.8, 4) is 17.2 Å². The maximum Gasteiger partial charge on any atom is 0.178 e. The van der Waals surface area contributed by atoms with Crippen LogP contribution in [0.1, 0.15) is 16.7 Å². The van der Waals surface area contributed by atoms with Crippen molar-refractivity contribution in [1.82, 2.24) is 0 Å². The number of methoxy groups -OCH3 is 1. The number of hydrogen-bond acceptors (Lipinski definition) is 4. The number of aromatic hydroxyl groups is 2. The Kier molecular flexibility index (Phi) is 5.20. The SMILES string of the molecule is COc1cc(/C=C/C(=O)/C=C/c2ccc(O)c(C)c2)ccc1O. The van der Waals surface area contributed by atoms with Gasteiger partial charge in [0.05, 0.1) is 7.11 Å². The topological polar surface area (TPSA) is 66.8 Å². The van der Waals surface area contributed by atoms with Crippen molar-refractivity contribution in [3.05, 3.63) is 65.2 Å². The predicted octanol–water partition coefficient (Wildman–Crippen LogP) is 3.71. The molecule has 2 N–H and O–H groups in total. The molecule has 2 aromatic carbocycles. The molecule has 0 radical (unpaired) electrons. The molecule has 0 aromatic heterocycles. The number of benzene rings is 2. The van der Waals surface area contributed by atoms with Crippen molar-refractivity contribution in [1.29, 1.82) is 0 Å². The molecule has 0 heterocycles. The predicted molar refractivity (Wildman–Crippen MR) is 90.6 cm³/mol. The lowest BCUT2D eigenvalue weighted by Crippen LogP contribution is -1.87. The van der Waals surface area contributed by atoms with Gasteiger partial charge in [0.15, 0.2) is 17.3 Å². The molecule has 0 aliphatic carbocycles. The summed E-state index contributed by atoms with van der Waals surface area (Å²) in [5.41, 5.74) is 2.35.